The van der Waals surface area contributed by atoms with Crippen LogP contribution in [-0.4, -0.2) is 29.5 Å². The SMILES string of the molecule is CN(Cc1cc(F)cc(/C(N)=N/O)c1)CC1CC1. The molecule has 1 fully saturated rings. The molecule has 1 aromatic carbocycles. The maximum absolute atomic E-state index is 13.4. The summed E-state index contributed by atoms with van der Waals surface area (Å²) in [5.41, 5.74) is 6.72. The van der Waals surface area contributed by atoms with Crippen molar-refractivity contribution in [2.45, 2.75) is 19.4 Å². The van der Waals surface area contributed by atoms with Crippen LogP contribution in [0.3, 0.4) is 0 Å². The van der Waals surface area contributed by atoms with Crippen molar-refractivity contribution in [3.8, 4) is 0 Å². The van der Waals surface area contributed by atoms with E-state index in [0.29, 0.717) is 12.1 Å². The molecule has 0 amide bonds. The van der Waals surface area contributed by atoms with Crippen molar-refractivity contribution >= 4 is 5.84 Å². The molecule has 0 aromatic heterocycles. The predicted octanol–water partition coefficient (Wildman–Crippen LogP) is 1.76. The minimum Gasteiger partial charge on any atom is -0.409 e. The predicted molar refractivity (Wildman–Crippen MR) is 68.0 cm³/mol. The lowest BCUT2D eigenvalue weighted by Crippen LogP contribution is -2.21. The molecule has 1 saturated carbocycles. The van der Waals surface area contributed by atoms with E-state index in [4.69, 9.17) is 10.9 Å². The molecule has 4 nitrogen and oxygen atoms in total. The van der Waals surface area contributed by atoms with Gasteiger partial charge >= 0.3 is 0 Å². The Balaban J connectivity index is 2.09. The molecule has 3 N–H and O–H groups in total. The number of benzene rings is 1. The van der Waals surface area contributed by atoms with Gasteiger partial charge in [-0.2, -0.15) is 0 Å². The van der Waals surface area contributed by atoms with Crippen molar-refractivity contribution in [2.24, 2.45) is 16.8 Å². The normalized spacial score (nSPS) is 16.3. The van der Waals surface area contributed by atoms with Gasteiger partial charge < -0.3 is 15.8 Å². The molecule has 0 bridgehead atoms. The van der Waals surface area contributed by atoms with E-state index in [2.05, 4.69) is 10.1 Å². The Morgan fingerprint density at radius 3 is 2.83 bits per heavy atom. The molecule has 0 spiro atoms. The number of hydrogen-bond acceptors (Lipinski definition) is 3. The van der Waals surface area contributed by atoms with E-state index >= 15 is 0 Å². The minimum absolute atomic E-state index is 0.0689. The first-order valence-electron chi connectivity index (χ1n) is 6.04. The van der Waals surface area contributed by atoms with Crippen LogP contribution in [0.5, 0.6) is 0 Å². The van der Waals surface area contributed by atoms with Crippen LogP contribution in [0.15, 0.2) is 23.4 Å². The molecule has 1 aliphatic carbocycles. The van der Waals surface area contributed by atoms with Crippen LogP contribution < -0.4 is 5.73 Å². The first-order chi connectivity index (χ1) is 8.58. The van der Waals surface area contributed by atoms with E-state index in [0.717, 1.165) is 18.0 Å². The third kappa shape index (κ3) is 3.43. The summed E-state index contributed by atoms with van der Waals surface area (Å²) in [5, 5.41) is 11.5. The Bertz CT molecular complexity index is 458. The maximum atomic E-state index is 13.4. The standard InChI is InChI=1S/C13H18FN3O/c1-17(7-9-2-3-9)8-10-4-11(13(15)16-18)6-12(14)5-10/h4-6,9,18H,2-3,7-8H2,1H3,(H2,15,16). The van der Waals surface area contributed by atoms with Gasteiger partial charge in [0.25, 0.3) is 0 Å². The summed E-state index contributed by atoms with van der Waals surface area (Å²) in [6, 6.07) is 4.50. The second-order valence-electron chi connectivity index (χ2n) is 4.97. The second-order valence-corrected chi connectivity index (χ2v) is 4.97. The molecule has 1 aliphatic rings. The van der Waals surface area contributed by atoms with Crippen molar-refractivity contribution in [1.82, 2.24) is 4.90 Å². The van der Waals surface area contributed by atoms with Crippen LogP contribution in [0.4, 0.5) is 4.39 Å². The zero-order chi connectivity index (χ0) is 13.1. The third-order valence-corrected chi connectivity index (χ3v) is 3.08. The Kier molecular flexibility index (Phi) is 3.81. The first-order valence-corrected chi connectivity index (χ1v) is 6.04. The number of rotatable bonds is 5. The number of nitrogens with zero attached hydrogens (tertiary/aromatic N) is 2. The summed E-state index contributed by atoms with van der Waals surface area (Å²) in [7, 11) is 2.02. The fraction of sp³-hybridized carbons (Fsp3) is 0.462. The van der Waals surface area contributed by atoms with Crippen LogP contribution >= 0.6 is 0 Å². The van der Waals surface area contributed by atoms with Gasteiger partial charge in [-0.3, -0.25) is 0 Å². The Hall–Kier alpha value is -1.62. The summed E-state index contributed by atoms with van der Waals surface area (Å²) in [4.78, 5) is 2.17. The summed E-state index contributed by atoms with van der Waals surface area (Å²) in [5.74, 6) is 0.363. The van der Waals surface area contributed by atoms with Crippen LogP contribution in [0.25, 0.3) is 0 Å². The zero-order valence-corrected chi connectivity index (χ0v) is 10.4. The molecule has 0 heterocycles. The quantitative estimate of drug-likeness (QED) is 0.363. The van der Waals surface area contributed by atoms with Crippen molar-refractivity contribution < 1.29 is 9.60 Å². The Morgan fingerprint density at radius 2 is 2.22 bits per heavy atom. The zero-order valence-electron chi connectivity index (χ0n) is 10.4. The van der Waals surface area contributed by atoms with Gasteiger partial charge in [0.15, 0.2) is 5.84 Å². The Labute approximate surface area is 106 Å². The fourth-order valence-corrected chi connectivity index (χ4v) is 2.06. The summed E-state index contributed by atoms with van der Waals surface area (Å²) >= 11 is 0. The van der Waals surface area contributed by atoms with E-state index in [9.17, 15) is 4.39 Å². The highest BCUT2D eigenvalue weighted by atomic mass is 19.1. The molecule has 18 heavy (non-hydrogen) atoms. The molecule has 0 saturated heterocycles. The third-order valence-electron chi connectivity index (χ3n) is 3.08. The number of nitrogens with two attached hydrogens (primary N) is 1. The molecule has 0 atom stereocenters. The lowest BCUT2D eigenvalue weighted by molar-refractivity contribution is 0.312. The van der Waals surface area contributed by atoms with E-state index in [1.165, 1.54) is 25.0 Å². The maximum Gasteiger partial charge on any atom is 0.170 e. The number of hydrogen-bond donors (Lipinski definition) is 2. The molecule has 98 valence electrons. The molecular formula is C13H18FN3O. The summed E-state index contributed by atoms with van der Waals surface area (Å²) < 4.78 is 13.4. The van der Waals surface area contributed by atoms with Crippen LogP contribution in [0.2, 0.25) is 0 Å². The first kappa shape index (κ1) is 12.8. The Morgan fingerprint density at radius 1 is 1.50 bits per heavy atom. The van der Waals surface area contributed by atoms with Crippen LogP contribution in [-0.2, 0) is 6.54 Å². The molecule has 0 unspecified atom stereocenters. The highest BCUT2D eigenvalue weighted by Crippen LogP contribution is 2.29. The second kappa shape index (κ2) is 5.35. The van der Waals surface area contributed by atoms with Gasteiger partial charge in [0.05, 0.1) is 0 Å². The van der Waals surface area contributed by atoms with E-state index in [-0.39, 0.29) is 11.7 Å². The topological polar surface area (TPSA) is 61.8 Å². The van der Waals surface area contributed by atoms with Gasteiger partial charge in [-0.05, 0) is 49.6 Å². The number of halogens is 1. The van der Waals surface area contributed by atoms with E-state index in [1.807, 2.05) is 7.05 Å². The summed E-state index contributed by atoms with van der Waals surface area (Å²) in [6.07, 6.45) is 2.59. The largest absolute Gasteiger partial charge is 0.409 e. The highest BCUT2D eigenvalue weighted by molar-refractivity contribution is 5.97. The van der Waals surface area contributed by atoms with Crippen molar-refractivity contribution in [1.29, 1.82) is 0 Å². The van der Waals surface area contributed by atoms with Crippen LogP contribution in [0, 0.1) is 11.7 Å². The summed E-state index contributed by atoms with van der Waals surface area (Å²) in [6.45, 7) is 1.70. The van der Waals surface area contributed by atoms with Gasteiger partial charge in [0.1, 0.15) is 5.82 Å². The van der Waals surface area contributed by atoms with Gasteiger partial charge in [-0.25, -0.2) is 4.39 Å². The minimum atomic E-state index is -0.367. The van der Waals surface area contributed by atoms with Gasteiger partial charge in [-0.15, -0.1) is 0 Å². The van der Waals surface area contributed by atoms with E-state index < -0.39 is 0 Å². The molecule has 1 aromatic rings. The lowest BCUT2D eigenvalue weighted by atomic mass is 10.1. The smallest absolute Gasteiger partial charge is 0.170 e. The monoisotopic (exact) mass is 251 g/mol. The number of oxime groups is 1. The average molecular weight is 251 g/mol. The van der Waals surface area contributed by atoms with E-state index in [1.54, 1.807) is 6.07 Å². The number of amidine groups is 1. The lowest BCUT2D eigenvalue weighted by Gasteiger charge is -2.16. The van der Waals surface area contributed by atoms with Crippen molar-refractivity contribution in [2.75, 3.05) is 13.6 Å². The van der Waals surface area contributed by atoms with Crippen LogP contribution in [0.1, 0.15) is 24.0 Å². The average Bonchev–Trinajstić information content (AvgIpc) is 3.10. The van der Waals surface area contributed by atoms with Gasteiger partial charge in [0.2, 0.25) is 0 Å². The molecule has 2 rings (SSSR count). The molecule has 0 radical (unpaired) electrons. The molecule has 5 heteroatoms. The van der Waals surface area contributed by atoms with Crippen molar-refractivity contribution in [3.63, 3.8) is 0 Å². The fourth-order valence-electron chi connectivity index (χ4n) is 2.06. The highest BCUT2D eigenvalue weighted by Gasteiger charge is 2.22. The molecule has 0 aliphatic heterocycles. The van der Waals surface area contributed by atoms with Gasteiger partial charge in [0, 0.05) is 18.7 Å². The molecular weight excluding hydrogens is 233 g/mol. The van der Waals surface area contributed by atoms with Gasteiger partial charge in [-0.1, -0.05) is 5.16 Å². The van der Waals surface area contributed by atoms with Crippen molar-refractivity contribution in [3.05, 3.63) is 35.1 Å².